The van der Waals surface area contributed by atoms with Crippen LogP contribution in [0.1, 0.15) is 36.3 Å². The molecule has 1 saturated carbocycles. The SMILES string of the molecule is C1=C2CC(C=C1N1C3=CC=C(c4ccc5c(c4)c4c6ccccc6c6c7ccccc7sc6c4n5-c4nc(-c5ccccc5)nc5c4sc4ccccc45)CC3c3ccccc31)C2. The maximum absolute atomic E-state index is 5.61. The predicted molar refractivity (Wildman–Crippen MR) is 266 cm³/mol. The Morgan fingerprint density at radius 3 is 2.11 bits per heavy atom. The molecule has 0 spiro atoms. The molecule has 1 fully saturated rings. The molecule has 1 atom stereocenters. The summed E-state index contributed by atoms with van der Waals surface area (Å²) < 4.78 is 7.39. The largest absolute Gasteiger partial charge is 0.314 e. The minimum Gasteiger partial charge on any atom is -0.314 e. The first-order valence-corrected chi connectivity index (χ1v) is 23.6. The maximum Gasteiger partial charge on any atom is 0.162 e. The van der Waals surface area contributed by atoms with Crippen molar-refractivity contribution in [2.24, 2.45) is 5.92 Å². The van der Waals surface area contributed by atoms with Crippen LogP contribution in [0.4, 0.5) is 5.69 Å². The number of para-hydroxylation sites is 1. The summed E-state index contributed by atoms with van der Waals surface area (Å²) in [5.41, 5.74) is 14.1. The molecule has 4 aromatic heterocycles. The number of nitrogens with zero attached hydrogens (tertiary/aromatic N) is 4. The number of rotatable bonds is 4. The van der Waals surface area contributed by atoms with Gasteiger partial charge >= 0.3 is 0 Å². The Morgan fingerprint density at radius 1 is 0.571 bits per heavy atom. The minimum absolute atomic E-state index is 0.300. The van der Waals surface area contributed by atoms with E-state index in [0.29, 0.717) is 11.8 Å². The van der Waals surface area contributed by atoms with Crippen molar-refractivity contribution in [3.05, 3.63) is 198 Å². The van der Waals surface area contributed by atoms with Gasteiger partial charge in [-0.05, 0) is 95.1 Å². The Hall–Kier alpha value is -7.12. The van der Waals surface area contributed by atoms with Crippen molar-refractivity contribution >= 4 is 107 Å². The van der Waals surface area contributed by atoms with E-state index in [4.69, 9.17) is 9.97 Å². The van der Waals surface area contributed by atoms with E-state index in [0.717, 1.165) is 44.7 Å². The number of hydrogen-bond acceptors (Lipinski definition) is 5. The van der Waals surface area contributed by atoms with E-state index < -0.39 is 0 Å². The Balaban J connectivity index is 1.02. The molecule has 0 amide bonds. The molecule has 1 unspecified atom stereocenters. The molecule has 5 aliphatic rings. The van der Waals surface area contributed by atoms with Crippen LogP contribution in [-0.2, 0) is 0 Å². The van der Waals surface area contributed by atoms with Crippen LogP contribution in [0.25, 0.3) is 95.8 Å². The molecule has 2 bridgehead atoms. The third-order valence-electron chi connectivity index (χ3n) is 14.2. The van der Waals surface area contributed by atoms with Crippen LogP contribution in [0.5, 0.6) is 0 Å². The molecule has 4 aliphatic carbocycles. The average molecular weight is 841 g/mol. The van der Waals surface area contributed by atoms with Crippen molar-refractivity contribution in [3.63, 3.8) is 0 Å². The third kappa shape index (κ3) is 4.80. The Labute approximate surface area is 370 Å². The van der Waals surface area contributed by atoms with E-state index >= 15 is 0 Å². The summed E-state index contributed by atoms with van der Waals surface area (Å²) in [6, 6.07) is 53.5. The standard InChI is InChI=1S/C57H36N4S2/c1-2-12-34(13-3-1)56-58-52-42-18-8-11-21-49(42)63-55(52)57(59-56)61-47-25-23-36(31-44(47)50-39-15-4-5-16-40(39)51-41-17-7-10-20-48(41)62-54(51)53(50)61)35-22-24-46-43(30-35)38-14-6-9-19-45(38)60(46)37-28-32-26-33(27-32)29-37/h1-25,28-29,31-32,43H,26-27,30H2. The lowest BCUT2D eigenvalue weighted by atomic mass is 9.75. The van der Waals surface area contributed by atoms with Gasteiger partial charge in [0.1, 0.15) is 0 Å². The number of hydrogen-bond donors (Lipinski definition) is 0. The highest BCUT2D eigenvalue weighted by Gasteiger charge is 2.39. The van der Waals surface area contributed by atoms with Gasteiger partial charge in [-0.25, -0.2) is 9.97 Å². The number of aromatic nitrogens is 3. The van der Waals surface area contributed by atoms with Gasteiger partial charge in [0, 0.05) is 64.9 Å². The van der Waals surface area contributed by atoms with Crippen molar-refractivity contribution in [2.45, 2.75) is 25.2 Å². The molecule has 1 aliphatic heterocycles. The van der Waals surface area contributed by atoms with Gasteiger partial charge < -0.3 is 4.90 Å². The van der Waals surface area contributed by atoms with Crippen molar-refractivity contribution in [3.8, 4) is 17.2 Å². The zero-order chi connectivity index (χ0) is 40.9. The van der Waals surface area contributed by atoms with Crippen molar-refractivity contribution in [1.29, 1.82) is 0 Å². The van der Waals surface area contributed by atoms with Gasteiger partial charge in [-0.2, -0.15) is 0 Å². The molecule has 16 rings (SSSR count). The quantitative estimate of drug-likeness (QED) is 0.177. The summed E-state index contributed by atoms with van der Waals surface area (Å²) in [6.07, 6.45) is 13.2. The van der Waals surface area contributed by atoms with Crippen LogP contribution < -0.4 is 4.90 Å². The highest BCUT2D eigenvalue weighted by atomic mass is 32.1. The van der Waals surface area contributed by atoms with E-state index in [-0.39, 0.29) is 0 Å². The molecule has 6 heteroatoms. The van der Waals surface area contributed by atoms with Crippen molar-refractivity contribution < 1.29 is 0 Å². The summed E-state index contributed by atoms with van der Waals surface area (Å²) in [5.74, 6) is 2.65. The zero-order valence-electron chi connectivity index (χ0n) is 34.0. The second kappa shape index (κ2) is 12.7. The lowest BCUT2D eigenvalue weighted by Crippen LogP contribution is -2.26. The Morgan fingerprint density at radius 2 is 1.29 bits per heavy atom. The molecule has 0 N–H and O–H groups in total. The highest BCUT2D eigenvalue weighted by molar-refractivity contribution is 7.27. The number of allylic oxidation sites excluding steroid dienone is 7. The fourth-order valence-electron chi connectivity index (χ4n) is 11.4. The predicted octanol–water partition coefficient (Wildman–Crippen LogP) is 15.6. The Kier molecular flexibility index (Phi) is 6.96. The normalized spacial score (nSPS) is 17.1. The summed E-state index contributed by atoms with van der Waals surface area (Å²) in [7, 11) is 0. The summed E-state index contributed by atoms with van der Waals surface area (Å²) in [4.78, 5) is 13.5. The van der Waals surface area contributed by atoms with Crippen LogP contribution in [0.3, 0.4) is 0 Å². The molecule has 11 aromatic rings. The monoisotopic (exact) mass is 840 g/mol. The van der Waals surface area contributed by atoms with E-state index in [1.54, 1.807) is 16.9 Å². The van der Waals surface area contributed by atoms with Crippen LogP contribution in [0.2, 0.25) is 0 Å². The topological polar surface area (TPSA) is 34.0 Å². The molecule has 63 heavy (non-hydrogen) atoms. The van der Waals surface area contributed by atoms with Crippen molar-refractivity contribution in [1.82, 2.24) is 14.5 Å². The fraction of sp³-hybridized carbons (Fsp3) is 0.0877. The van der Waals surface area contributed by atoms with Crippen molar-refractivity contribution in [2.75, 3.05) is 4.90 Å². The van der Waals surface area contributed by atoms with Crippen LogP contribution in [-0.4, -0.2) is 14.5 Å². The van der Waals surface area contributed by atoms with Gasteiger partial charge in [0.25, 0.3) is 0 Å². The molecule has 7 aromatic carbocycles. The van der Waals surface area contributed by atoms with Gasteiger partial charge in [-0.15, -0.1) is 22.7 Å². The minimum atomic E-state index is 0.300. The van der Waals surface area contributed by atoms with Crippen LogP contribution >= 0.6 is 22.7 Å². The number of benzene rings is 7. The summed E-state index contributed by atoms with van der Waals surface area (Å²) >= 11 is 3.69. The highest BCUT2D eigenvalue weighted by Crippen LogP contribution is 2.54. The lowest BCUT2D eigenvalue weighted by Gasteiger charge is -2.36. The summed E-state index contributed by atoms with van der Waals surface area (Å²) in [5, 5.41) is 8.85. The van der Waals surface area contributed by atoms with Gasteiger partial charge in [-0.3, -0.25) is 4.57 Å². The summed E-state index contributed by atoms with van der Waals surface area (Å²) in [6.45, 7) is 0. The van der Waals surface area contributed by atoms with Gasteiger partial charge in [0.15, 0.2) is 11.6 Å². The van der Waals surface area contributed by atoms with E-state index in [9.17, 15) is 0 Å². The molecule has 0 radical (unpaired) electrons. The molecular weight excluding hydrogens is 805 g/mol. The number of fused-ring (bicyclic) bond motifs is 17. The number of thiophene rings is 2. The van der Waals surface area contributed by atoms with Crippen LogP contribution in [0, 0.1) is 5.92 Å². The number of anilines is 1. The molecular formula is C57H36N4S2. The molecule has 0 saturated heterocycles. The first kappa shape index (κ1) is 34.5. The molecule has 4 nitrogen and oxygen atoms in total. The first-order valence-electron chi connectivity index (χ1n) is 22.0. The van der Waals surface area contributed by atoms with Gasteiger partial charge in [0.05, 0.1) is 25.9 Å². The third-order valence-corrected chi connectivity index (χ3v) is 16.5. The fourth-order valence-corrected chi connectivity index (χ4v) is 13.7. The maximum atomic E-state index is 5.61. The Bertz CT molecular complexity index is 3960. The van der Waals surface area contributed by atoms with Gasteiger partial charge in [-0.1, -0.05) is 133 Å². The second-order valence-electron chi connectivity index (χ2n) is 17.6. The lowest BCUT2D eigenvalue weighted by molar-refractivity contribution is 0.498. The molecule has 5 heterocycles. The smallest absolute Gasteiger partial charge is 0.162 e. The van der Waals surface area contributed by atoms with Gasteiger partial charge in [0.2, 0.25) is 0 Å². The average Bonchev–Trinajstić information content (AvgIpc) is 4.09. The van der Waals surface area contributed by atoms with E-state index in [1.807, 2.05) is 11.3 Å². The molecule has 296 valence electrons. The zero-order valence-corrected chi connectivity index (χ0v) is 35.7. The van der Waals surface area contributed by atoms with E-state index in [2.05, 4.69) is 179 Å². The first-order chi connectivity index (χ1) is 31.2. The van der Waals surface area contributed by atoms with Crippen LogP contribution in [0.15, 0.2) is 187 Å². The second-order valence-corrected chi connectivity index (χ2v) is 19.8. The van der Waals surface area contributed by atoms with E-state index in [1.165, 1.54) is 98.6 Å².